The number of H-pyrrole nitrogens is 1. The first-order valence-corrected chi connectivity index (χ1v) is 8.05. The number of pyridine rings is 2. The summed E-state index contributed by atoms with van der Waals surface area (Å²) >= 11 is 0. The highest BCUT2D eigenvalue weighted by Crippen LogP contribution is 2.20. The first-order chi connectivity index (χ1) is 12.2. The summed E-state index contributed by atoms with van der Waals surface area (Å²) in [5.74, 6) is 0.0891. The minimum atomic E-state index is -0.464. The molecule has 0 fully saturated rings. The average Bonchev–Trinajstić information content (AvgIpc) is 2.65. The quantitative estimate of drug-likeness (QED) is 0.739. The highest BCUT2D eigenvalue weighted by molar-refractivity contribution is 5.54. The summed E-state index contributed by atoms with van der Waals surface area (Å²) in [5.41, 5.74) is 2.67. The van der Waals surface area contributed by atoms with E-state index in [-0.39, 0.29) is 5.56 Å². The molecule has 3 aromatic rings. The summed E-state index contributed by atoms with van der Waals surface area (Å²) in [4.78, 5) is 29.6. The molecular formula is C18H16FN5O. The predicted molar refractivity (Wildman–Crippen MR) is 90.1 cm³/mol. The van der Waals surface area contributed by atoms with E-state index >= 15 is 0 Å². The molecule has 1 aliphatic heterocycles. The van der Waals surface area contributed by atoms with Crippen molar-refractivity contribution in [3.8, 4) is 11.4 Å². The topological polar surface area (TPSA) is 74.8 Å². The maximum atomic E-state index is 13.7. The number of aromatic amines is 1. The fourth-order valence-electron chi connectivity index (χ4n) is 3.04. The van der Waals surface area contributed by atoms with Gasteiger partial charge in [0.1, 0.15) is 5.82 Å². The smallest absolute Gasteiger partial charge is 0.255 e. The van der Waals surface area contributed by atoms with Crippen LogP contribution in [0.2, 0.25) is 0 Å². The van der Waals surface area contributed by atoms with Crippen molar-refractivity contribution in [3.63, 3.8) is 0 Å². The number of aromatic nitrogens is 4. The number of nitrogens with zero attached hydrogens (tertiary/aromatic N) is 4. The second-order valence-electron chi connectivity index (χ2n) is 5.99. The zero-order valence-electron chi connectivity index (χ0n) is 13.4. The van der Waals surface area contributed by atoms with Gasteiger partial charge in [-0.3, -0.25) is 14.7 Å². The van der Waals surface area contributed by atoms with E-state index in [1.807, 2.05) is 17.0 Å². The Kier molecular flexibility index (Phi) is 4.07. The van der Waals surface area contributed by atoms with Gasteiger partial charge >= 0.3 is 0 Å². The number of halogens is 1. The number of fused-ring (bicyclic) bond motifs is 1. The van der Waals surface area contributed by atoms with Gasteiger partial charge in [0.05, 0.1) is 11.3 Å². The van der Waals surface area contributed by atoms with Gasteiger partial charge in [-0.2, -0.15) is 4.39 Å². The van der Waals surface area contributed by atoms with Crippen molar-refractivity contribution in [2.75, 3.05) is 6.54 Å². The van der Waals surface area contributed by atoms with Crippen LogP contribution >= 0.6 is 0 Å². The monoisotopic (exact) mass is 337 g/mol. The van der Waals surface area contributed by atoms with Gasteiger partial charge in [0.2, 0.25) is 5.95 Å². The van der Waals surface area contributed by atoms with Gasteiger partial charge < -0.3 is 4.98 Å². The highest BCUT2D eigenvalue weighted by atomic mass is 19.1. The molecule has 3 aromatic heterocycles. The van der Waals surface area contributed by atoms with E-state index < -0.39 is 5.95 Å². The van der Waals surface area contributed by atoms with Crippen LogP contribution in [0.15, 0.2) is 47.7 Å². The Bertz CT molecular complexity index is 957. The van der Waals surface area contributed by atoms with Crippen molar-refractivity contribution in [1.29, 1.82) is 0 Å². The molecule has 7 heteroatoms. The van der Waals surface area contributed by atoms with Gasteiger partial charge in [0, 0.05) is 55.8 Å². The van der Waals surface area contributed by atoms with Crippen molar-refractivity contribution < 1.29 is 4.39 Å². The van der Waals surface area contributed by atoms with E-state index in [1.54, 1.807) is 24.5 Å². The van der Waals surface area contributed by atoms with Gasteiger partial charge in [0.25, 0.3) is 5.56 Å². The molecule has 0 amide bonds. The Labute approximate surface area is 143 Å². The van der Waals surface area contributed by atoms with E-state index in [1.165, 1.54) is 6.20 Å². The summed E-state index contributed by atoms with van der Waals surface area (Å²) in [7, 11) is 0. The molecule has 4 rings (SSSR count). The molecule has 0 saturated carbocycles. The molecule has 0 bridgehead atoms. The predicted octanol–water partition coefficient (Wildman–Crippen LogP) is 1.92. The molecule has 0 atom stereocenters. The van der Waals surface area contributed by atoms with Crippen molar-refractivity contribution in [3.05, 3.63) is 76.0 Å². The molecule has 0 unspecified atom stereocenters. The first-order valence-electron chi connectivity index (χ1n) is 8.05. The molecule has 4 heterocycles. The largest absolute Gasteiger partial charge is 0.306 e. The summed E-state index contributed by atoms with van der Waals surface area (Å²) in [6.07, 6.45) is 5.41. The standard InChI is InChI=1S/C18H16FN5O/c19-16-13(2-1-6-21-16)10-24-9-5-15-14(11-24)18(25)23-17(22-15)12-3-7-20-8-4-12/h1-4,6-8H,5,9-11H2,(H,22,23,25). The summed E-state index contributed by atoms with van der Waals surface area (Å²) in [6.45, 7) is 1.58. The minimum Gasteiger partial charge on any atom is -0.306 e. The Morgan fingerprint density at radius 1 is 1.20 bits per heavy atom. The molecule has 25 heavy (non-hydrogen) atoms. The van der Waals surface area contributed by atoms with Crippen molar-refractivity contribution >= 4 is 0 Å². The molecule has 1 aliphatic rings. The second kappa shape index (κ2) is 6.52. The third kappa shape index (κ3) is 3.18. The van der Waals surface area contributed by atoms with Crippen molar-refractivity contribution in [2.24, 2.45) is 0 Å². The van der Waals surface area contributed by atoms with Crippen molar-refractivity contribution in [2.45, 2.75) is 19.5 Å². The molecule has 0 radical (unpaired) electrons. The van der Waals surface area contributed by atoms with E-state index in [4.69, 9.17) is 0 Å². The third-order valence-corrected chi connectivity index (χ3v) is 4.33. The number of hydrogen-bond donors (Lipinski definition) is 1. The maximum Gasteiger partial charge on any atom is 0.255 e. The molecular weight excluding hydrogens is 321 g/mol. The van der Waals surface area contributed by atoms with Crippen molar-refractivity contribution in [1.82, 2.24) is 24.8 Å². The fourth-order valence-corrected chi connectivity index (χ4v) is 3.04. The van der Waals surface area contributed by atoms with E-state index in [2.05, 4.69) is 19.9 Å². The molecule has 1 N–H and O–H groups in total. The Morgan fingerprint density at radius 3 is 2.84 bits per heavy atom. The fraction of sp³-hybridized carbons (Fsp3) is 0.222. The normalized spacial score (nSPS) is 14.3. The number of nitrogens with one attached hydrogen (secondary N) is 1. The maximum absolute atomic E-state index is 13.7. The molecule has 126 valence electrons. The lowest BCUT2D eigenvalue weighted by atomic mass is 10.1. The van der Waals surface area contributed by atoms with Gasteiger partial charge in [-0.15, -0.1) is 0 Å². The van der Waals surface area contributed by atoms with Crippen LogP contribution in [0.5, 0.6) is 0 Å². The SMILES string of the molecule is O=c1[nH]c(-c2ccncc2)nc2c1CN(Cc1cccnc1F)CC2. The molecule has 0 saturated heterocycles. The van der Waals surface area contributed by atoms with E-state index in [0.717, 1.165) is 11.3 Å². The summed E-state index contributed by atoms with van der Waals surface area (Å²) < 4.78 is 13.7. The van der Waals surface area contributed by atoms with Crippen LogP contribution in [0, 0.1) is 5.95 Å². The van der Waals surface area contributed by atoms with Crippen LogP contribution in [-0.4, -0.2) is 31.4 Å². The van der Waals surface area contributed by atoms with Gasteiger partial charge in [-0.25, -0.2) is 9.97 Å². The first kappa shape index (κ1) is 15.6. The zero-order valence-corrected chi connectivity index (χ0v) is 13.4. The minimum absolute atomic E-state index is 0.145. The third-order valence-electron chi connectivity index (χ3n) is 4.33. The van der Waals surface area contributed by atoms with Crippen LogP contribution in [0.3, 0.4) is 0 Å². The Hall–Kier alpha value is -2.93. The Balaban J connectivity index is 1.60. The van der Waals surface area contributed by atoms with Crippen LogP contribution < -0.4 is 5.56 Å². The number of rotatable bonds is 3. The number of hydrogen-bond acceptors (Lipinski definition) is 5. The summed E-state index contributed by atoms with van der Waals surface area (Å²) in [6, 6.07) is 7.05. The van der Waals surface area contributed by atoms with Crippen LogP contribution in [-0.2, 0) is 19.5 Å². The molecule has 6 nitrogen and oxygen atoms in total. The molecule has 0 aliphatic carbocycles. The highest BCUT2D eigenvalue weighted by Gasteiger charge is 2.22. The zero-order chi connectivity index (χ0) is 17.2. The summed E-state index contributed by atoms with van der Waals surface area (Å²) in [5, 5.41) is 0. The lowest BCUT2D eigenvalue weighted by Gasteiger charge is -2.27. The van der Waals surface area contributed by atoms with E-state index in [0.29, 0.717) is 43.0 Å². The molecule has 0 aromatic carbocycles. The van der Waals surface area contributed by atoms with Crippen LogP contribution in [0.25, 0.3) is 11.4 Å². The Morgan fingerprint density at radius 2 is 2.04 bits per heavy atom. The lowest BCUT2D eigenvalue weighted by Crippen LogP contribution is -2.35. The van der Waals surface area contributed by atoms with Gasteiger partial charge in [0.15, 0.2) is 0 Å². The van der Waals surface area contributed by atoms with Gasteiger partial charge in [-0.1, -0.05) is 6.07 Å². The van der Waals surface area contributed by atoms with Crippen LogP contribution in [0.1, 0.15) is 16.8 Å². The second-order valence-corrected chi connectivity index (χ2v) is 5.99. The molecule has 0 spiro atoms. The van der Waals surface area contributed by atoms with Gasteiger partial charge in [-0.05, 0) is 18.2 Å². The van der Waals surface area contributed by atoms with E-state index in [9.17, 15) is 9.18 Å². The lowest BCUT2D eigenvalue weighted by molar-refractivity contribution is 0.237. The van der Waals surface area contributed by atoms with Crippen LogP contribution in [0.4, 0.5) is 4.39 Å². The average molecular weight is 337 g/mol.